The molecule has 1 aliphatic heterocycles. The predicted octanol–water partition coefficient (Wildman–Crippen LogP) is 2.99. The summed E-state index contributed by atoms with van der Waals surface area (Å²) >= 11 is 6.87. The first kappa shape index (κ1) is 9.49. The van der Waals surface area contributed by atoms with Gasteiger partial charge in [0.25, 0.3) is 0 Å². The van der Waals surface area contributed by atoms with Crippen molar-refractivity contribution >= 4 is 31.9 Å². The molecule has 0 fully saturated rings. The Bertz CT molecular complexity index is 341. The van der Waals surface area contributed by atoms with Crippen molar-refractivity contribution < 1.29 is 4.74 Å². The van der Waals surface area contributed by atoms with E-state index < -0.39 is 0 Å². The second-order valence-corrected chi connectivity index (χ2v) is 4.76. The van der Waals surface area contributed by atoms with E-state index >= 15 is 0 Å². The zero-order chi connectivity index (χ0) is 9.42. The van der Waals surface area contributed by atoms with Crippen LogP contribution < -0.4 is 10.5 Å². The number of benzene rings is 1. The molecule has 0 amide bonds. The minimum absolute atomic E-state index is 0.105. The van der Waals surface area contributed by atoms with Crippen molar-refractivity contribution in [2.45, 2.75) is 12.5 Å². The monoisotopic (exact) mass is 305 g/mol. The molecule has 70 valence electrons. The van der Waals surface area contributed by atoms with Gasteiger partial charge in [-0.3, -0.25) is 0 Å². The lowest BCUT2D eigenvalue weighted by molar-refractivity contribution is 0.268. The third-order valence-corrected chi connectivity index (χ3v) is 3.98. The van der Waals surface area contributed by atoms with Crippen molar-refractivity contribution in [2.24, 2.45) is 5.73 Å². The van der Waals surface area contributed by atoms with Gasteiger partial charge in [0.1, 0.15) is 5.75 Å². The SMILES string of the molecule is N[C@H]1CCOc2cc(Br)c(Br)cc21. The third kappa shape index (κ3) is 1.75. The van der Waals surface area contributed by atoms with Crippen molar-refractivity contribution in [2.75, 3.05) is 6.61 Å². The van der Waals surface area contributed by atoms with E-state index in [2.05, 4.69) is 31.9 Å². The van der Waals surface area contributed by atoms with Gasteiger partial charge in [0.2, 0.25) is 0 Å². The Kier molecular flexibility index (Phi) is 2.62. The van der Waals surface area contributed by atoms with Gasteiger partial charge in [0.05, 0.1) is 6.61 Å². The van der Waals surface area contributed by atoms with Crippen LogP contribution in [0, 0.1) is 0 Å². The molecule has 1 aliphatic rings. The van der Waals surface area contributed by atoms with E-state index in [4.69, 9.17) is 10.5 Å². The Morgan fingerprint density at radius 2 is 2.00 bits per heavy atom. The molecule has 2 N–H and O–H groups in total. The third-order valence-electron chi connectivity index (χ3n) is 2.14. The van der Waals surface area contributed by atoms with Gasteiger partial charge >= 0.3 is 0 Å². The molecule has 13 heavy (non-hydrogen) atoms. The van der Waals surface area contributed by atoms with E-state index in [1.807, 2.05) is 12.1 Å². The van der Waals surface area contributed by atoms with Gasteiger partial charge in [0, 0.05) is 27.0 Å². The highest BCUT2D eigenvalue weighted by molar-refractivity contribution is 9.13. The normalized spacial score (nSPS) is 20.7. The van der Waals surface area contributed by atoms with Crippen LogP contribution in [0.5, 0.6) is 5.75 Å². The average molecular weight is 307 g/mol. The van der Waals surface area contributed by atoms with E-state index in [9.17, 15) is 0 Å². The van der Waals surface area contributed by atoms with Gasteiger partial charge in [-0.05, 0) is 44.0 Å². The average Bonchev–Trinajstić information content (AvgIpc) is 2.09. The highest BCUT2D eigenvalue weighted by Gasteiger charge is 2.19. The van der Waals surface area contributed by atoms with Crippen LogP contribution in [0.15, 0.2) is 21.1 Å². The lowest BCUT2D eigenvalue weighted by atomic mass is 10.0. The fourth-order valence-corrected chi connectivity index (χ4v) is 2.09. The van der Waals surface area contributed by atoms with Gasteiger partial charge < -0.3 is 10.5 Å². The van der Waals surface area contributed by atoms with Gasteiger partial charge in [-0.2, -0.15) is 0 Å². The number of halogens is 2. The fraction of sp³-hybridized carbons (Fsp3) is 0.333. The first-order valence-electron chi connectivity index (χ1n) is 4.06. The molecule has 0 aliphatic carbocycles. The number of hydrogen-bond donors (Lipinski definition) is 1. The summed E-state index contributed by atoms with van der Waals surface area (Å²) in [4.78, 5) is 0. The molecular formula is C9H9Br2NO. The van der Waals surface area contributed by atoms with Crippen molar-refractivity contribution in [1.82, 2.24) is 0 Å². The number of ether oxygens (including phenoxy) is 1. The Morgan fingerprint density at radius 1 is 1.31 bits per heavy atom. The first-order valence-corrected chi connectivity index (χ1v) is 5.64. The number of fused-ring (bicyclic) bond motifs is 1. The maximum Gasteiger partial charge on any atom is 0.125 e. The number of hydrogen-bond acceptors (Lipinski definition) is 2. The van der Waals surface area contributed by atoms with Gasteiger partial charge in [-0.1, -0.05) is 0 Å². The zero-order valence-electron chi connectivity index (χ0n) is 6.89. The van der Waals surface area contributed by atoms with Crippen LogP contribution in [-0.4, -0.2) is 6.61 Å². The molecule has 0 unspecified atom stereocenters. The molecule has 1 heterocycles. The Morgan fingerprint density at radius 3 is 2.77 bits per heavy atom. The van der Waals surface area contributed by atoms with E-state index in [0.717, 1.165) is 26.7 Å². The molecule has 0 bridgehead atoms. The van der Waals surface area contributed by atoms with Gasteiger partial charge in [0.15, 0.2) is 0 Å². The lowest BCUT2D eigenvalue weighted by Gasteiger charge is -2.23. The summed E-state index contributed by atoms with van der Waals surface area (Å²) in [5, 5.41) is 0. The van der Waals surface area contributed by atoms with E-state index in [0.29, 0.717) is 6.61 Å². The molecule has 0 radical (unpaired) electrons. The van der Waals surface area contributed by atoms with Crippen LogP contribution in [0.1, 0.15) is 18.0 Å². The maximum atomic E-state index is 5.95. The fourth-order valence-electron chi connectivity index (χ4n) is 1.41. The summed E-state index contributed by atoms with van der Waals surface area (Å²) < 4.78 is 7.52. The highest BCUT2D eigenvalue weighted by atomic mass is 79.9. The molecule has 1 atom stereocenters. The highest BCUT2D eigenvalue weighted by Crippen LogP contribution is 2.37. The Balaban J connectivity index is 2.52. The quantitative estimate of drug-likeness (QED) is 0.800. The Hall–Kier alpha value is -0.0600. The van der Waals surface area contributed by atoms with Crippen molar-refractivity contribution in [3.8, 4) is 5.75 Å². The molecule has 2 nitrogen and oxygen atoms in total. The van der Waals surface area contributed by atoms with Crippen molar-refractivity contribution in [3.05, 3.63) is 26.6 Å². The van der Waals surface area contributed by atoms with E-state index in [1.54, 1.807) is 0 Å². The topological polar surface area (TPSA) is 35.2 Å². The summed E-state index contributed by atoms with van der Waals surface area (Å²) in [7, 11) is 0. The van der Waals surface area contributed by atoms with Gasteiger partial charge in [-0.25, -0.2) is 0 Å². The maximum absolute atomic E-state index is 5.95. The summed E-state index contributed by atoms with van der Waals surface area (Å²) in [6.07, 6.45) is 0.890. The Labute approximate surface area is 93.7 Å². The number of rotatable bonds is 0. The first-order chi connectivity index (χ1) is 6.18. The van der Waals surface area contributed by atoms with E-state index in [1.165, 1.54) is 0 Å². The molecular weight excluding hydrogens is 298 g/mol. The number of nitrogens with two attached hydrogens (primary N) is 1. The molecule has 0 saturated carbocycles. The smallest absolute Gasteiger partial charge is 0.125 e. The summed E-state index contributed by atoms with van der Waals surface area (Å²) in [6, 6.07) is 4.08. The summed E-state index contributed by atoms with van der Waals surface area (Å²) in [5.74, 6) is 0.897. The van der Waals surface area contributed by atoms with Crippen molar-refractivity contribution in [1.29, 1.82) is 0 Å². The lowest BCUT2D eigenvalue weighted by Crippen LogP contribution is -2.20. The summed E-state index contributed by atoms with van der Waals surface area (Å²) in [6.45, 7) is 0.711. The van der Waals surface area contributed by atoms with Gasteiger partial charge in [-0.15, -0.1) is 0 Å². The second kappa shape index (κ2) is 3.59. The summed E-state index contributed by atoms with van der Waals surface area (Å²) in [5.41, 5.74) is 7.03. The van der Waals surface area contributed by atoms with Crippen LogP contribution >= 0.6 is 31.9 Å². The molecule has 0 spiro atoms. The van der Waals surface area contributed by atoms with E-state index in [-0.39, 0.29) is 6.04 Å². The predicted molar refractivity (Wildman–Crippen MR) is 58.9 cm³/mol. The molecule has 0 aromatic heterocycles. The van der Waals surface area contributed by atoms with Crippen molar-refractivity contribution in [3.63, 3.8) is 0 Å². The molecule has 0 saturated heterocycles. The minimum atomic E-state index is 0.105. The largest absolute Gasteiger partial charge is 0.493 e. The molecule has 2 rings (SSSR count). The molecule has 1 aromatic rings. The van der Waals surface area contributed by atoms with Crippen LogP contribution in [0.4, 0.5) is 0 Å². The minimum Gasteiger partial charge on any atom is -0.493 e. The van der Waals surface area contributed by atoms with Crippen LogP contribution in [0.25, 0.3) is 0 Å². The molecule has 4 heteroatoms. The van der Waals surface area contributed by atoms with Crippen LogP contribution in [-0.2, 0) is 0 Å². The standard InChI is InChI=1S/C9H9Br2NO/c10-6-3-5-8(12)1-2-13-9(5)4-7(6)11/h3-4,8H,1-2,12H2/t8-/m0/s1. The van der Waals surface area contributed by atoms with Crippen LogP contribution in [0.2, 0.25) is 0 Å². The molecule has 1 aromatic carbocycles. The second-order valence-electron chi connectivity index (χ2n) is 3.05. The zero-order valence-corrected chi connectivity index (χ0v) is 10.1. The van der Waals surface area contributed by atoms with Crippen LogP contribution in [0.3, 0.4) is 0 Å².